The third-order valence-corrected chi connectivity index (χ3v) is 9.65. The fraction of sp³-hybridized carbons (Fsp3) is 0.389. The van der Waals surface area contributed by atoms with Crippen molar-refractivity contribution in [2.24, 2.45) is 17.8 Å². The first-order valence-electron chi connectivity index (χ1n) is 15.5. The van der Waals surface area contributed by atoms with Gasteiger partial charge in [-0.15, -0.1) is 0 Å². The SMILES string of the molecule is CCC(=O)c1c(-c2ccc(F)cc2)oc2cc(N(CC)CC)c(-c3cccc(C(=O)N[C@@H]4C5CCC(C5)[C@@H]4CO)c3)cc12. The highest BCUT2D eigenvalue weighted by atomic mass is 19.1. The van der Waals surface area contributed by atoms with E-state index in [9.17, 15) is 19.1 Å². The standard InChI is InChI=1S/C36H39FN2O4/c1-4-31(41)33-28-18-27(30(39(5-2)6-3)19-32(28)43-35(33)21-12-14-26(37)15-13-21)22-8-7-9-25(17-22)36(42)38-34-24-11-10-23(16-24)29(34)20-40/h7-9,12-15,17-19,23-24,29,34,40H,4-6,10-11,16,20H2,1-3H3,(H,38,42)/t23?,24?,29-,34+/m0/s1. The monoisotopic (exact) mass is 582 g/mol. The molecule has 0 aliphatic heterocycles. The second kappa shape index (κ2) is 12.0. The number of nitrogens with one attached hydrogen (secondary N) is 1. The van der Waals surface area contributed by atoms with Crippen LogP contribution < -0.4 is 10.2 Å². The molecule has 2 aliphatic carbocycles. The van der Waals surface area contributed by atoms with Crippen molar-refractivity contribution in [1.82, 2.24) is 5.32 Å². The van der Waals surface area contributed by atoms with Gasteiger partial charge in [0, 0.05) is 71.9 Å². The van der Waals surface area contributed by atoms with Crippen LogP contribution in [0.4, 0.5) is 10.1 Å². The number of rotatable bonds is 10. The van der Waals surface area contributed by atoms with E-state index >= 15 is 0 Å². The molecule has 1 heterocycles. The number of furan rings is 1. The van der Waals surface area contributed by atoms with Gasteiger partial charge in [-0.05, 0) is 93.0 Å². The maximum atomic E-state index is 13.7. The van der Waals surface area contributed by atoms with Crippen molar-refractivity contribution in [2.75, 3.05) is 24.6 Å². The van der Waals surface area contributed by atoms with Crippen molar-refractivity contribution in [1.29, 1.82) is 0 Å². The van der Waals surface area contributed by atoms with Crippen LogP contribution >= 0.6 is 0 Å². The van der Waals surface area contributed by atoms with Gasteiger partial charge in [-0.1, -0.05) is 19.1 Å². The fourth-order valence-electron chi connectivity index (χ4n) is 7.41. The summed E-state index contributed by atoms with van der Waals surface area (Å²) in [4.78, 5) is 29.1. The lowest BCUT2D eigenvalue weighted by Crippen LogP contribution is -2.45. The number of aliphatic hydroxyl groups is 1. The summed E-state index contributed by atoms with van der Waals surface area (Å²) >= 11 is 0. The Labute approximate surface area is 251 Å². The molecule has 43 heavy (non-hydrogen) atoms. The maximum absolute atomic E-state index is 13.7. The first-order chi connectivity index (χ1) is 20.9. The van der Waals surface area contributed by atoms with Crippen molar-refractivity contribution in [3.05, 3.63) is 77.6 Å². The van der Waals surface area contributed by atoms with Crippen LogP contribution in [0.2, 0.25) is 0 Å². The van der Waals surface area contributed by atoms with E-state index in [2.05, 4.69) is 24.1 Å². The van der Waals surface area contributed by atoms with Crippen LogP contribution in [0.15, 0.2) is 65.1 Å². The van der Waals surface area contributed by atoms with Crippen LogP contribution in [0, 0.1) is 23.6 Å². The number of fused-ring (bicyclic) bond motifs is 3. The van der Waals surface area contributed by atoms with Crippen LogP contribution in [0.1, 0.15) is 67.2 Å². The predicted molar refractivity (Wildman–Crippen MR) is 168 cm³/mol. The van der Waals surface area contributed by atoms with Gasteiger partial charge in [0.1, 0.15) is 17.2 Å². The molecule has 7 heteroatoms. The van der Waals surface area contributed by atoms with E-state index < -0.39 is 0 Å². The summed E-state index contributed by atoms with van der Waals surface area (Å²) in [7, 11) is 0. The summed E-state index contributed by atoms with van der Waals surface area (Å²) in [6.45, 7) is 7.62. The van der Waals surface area contributed by atoms with Crippen molar-refractivity contribution in [3.63, 3.8) is 0 Å². The number of hydrogen-bond acceptors (Lipinski definition) is 5. The molecule has 3 aromatic carbocycles. The first-order valence-corrected chi connectivity index (χ1v) is 15.5. The number of hydrogen-bond donors (Lipinski definition) is 2. The molecule has 2 saturated carbocycles. The van der Waals surface area contributed by atoms with Gasteiger partial charge in [0.05, 0.1) is 5.56 Å². The third-order valence-electron chi connectivity index (χ3n) is 9.65. The summed E-state index contributed by atoms with van der Waals surface area (Å²) in [6.07, 6.45) is 3.60. The molecule has 0 saturated heterocycles. The Morgan fingerprint density at radius 1 is 0.977 bits per heavy atom. The Kier molecular flexibility index (Phi) is 8.10. The molecule has 224 valence electrons. The van der Waals surface area contributed by atoms with Gasteiger partial charge in [0.15, 0.2) is 5.78 Å². The molecule has 0 radical (unpaired) electrons. The van der Waals surface area contributed by atoms with E-state index in [0.29, 0.717) is 51.7 Å². The number of carbonyl (C=O) groups is 2. The average Bonchev–Trinajstić information content (AvgIpc) is 3.74. The molecule has 4 atom stereocenters. The normalized spacial score (nSPS) is 21.0. The maximum Gasteiger partial charge on any atom is 0.251 e. The van der Waals surface area contributed by atoms with E-state index in [1.54, 1.807) is 12.1 Å². The van der Waals surface area contributed by atoms with Gasteiger partial charge in [0.2, 0.25) is 0 Å². The molecule has 2 aliphatic rings. The van der Waals surface area contributed by atoms with Crippen LogP contribution in [-0.4, -0.2) is 42.5 Å². The Hall–Kier alpha value is -3.97. The van der Waals surface area contributed by atoms with Gasteiger partial charge in [-0.3, -0.25) is 9.59 Å². The van der Waals surface area contributed by atoms with Crippen LogP contribution in [0.5, 0.6) is 0 Å². The smallest absolute Gasteiger partial charge is 0.251 e. The number of ketones is 1. The number of anilines is 1. The van der Waals surface area contributed by atoms with E-state index in [1.807, 2.05) is 43.3 Å². The minimum Gasteiger partial charge on any atom is -0.455 e. The van der Waals surface area contributed by atoms with Crippen LogP contribution in [-0.2, 0) is 0 Å². The highest BCUT2D eigenvalue weighted by Gasteiger charge is 2.47. The number of amides is 1. The molecule has 2 unspecified atom stereocenters. The van der Waals surface area contributed by atoms with E-state index in [4.69, 9.17) is 4.42 Å². The van der Waals surface area contributed by atoms with Crippen molar-refractivity contribution >= 4 is 28.3 Å². The Morgan fingerprint density at radius 3 is 2.42 bits per heavy atom. The molecule has 6 nitrogen and oxygen atoms in total. The minimum absolute atomic E-state index is 0.000851. The summed E-state index contributed by atoms with van der Waals surface area (Å²) in [5.41, 5.74) is 4.97. The van der Waals surface area contributed by atoms with Gasteiger partial charge in [-0.25, -0.2) is 4.39 Å². The van der Waals surface area contributed by atoms with Crippen molar-refractivity contribution in [2.45, 2.75) is 52.5 Å². The molecular formula is C36H39FN2O4. The van der Waals surface area contributed by atoms with Gasteiger partial charge in [0.25, 0.3) is 5.91 Å². The highest BCUT2D eigenvalue weighted by molar-refractivity contribution is 6.13. The van der Waals surface area contributed by atoms with E-state index in [-0.39, 0.29) is 36.1 Å². The van der Waals surface area contributed by atoms with Gasteiger partial charge in [-0.2, -0.15) is 0 Å². The lowest BCUT2D eigenvalue weighted by molar-refractivity contribution is 0.0861. The molecule has 0 spiro atoms. The Morgan fingerprint density at radius 2 is 1.72 bits per heavy atom. The molecular weight excluding hydrogens is 543 g/mol. The van der Waals surface area contributed by atoms with Crippen molar-refractivity contribution in [3.8, 4) is 22.5 Å². The molecule has 2 N–H and O–H groups in total. The largest absolute Gasteiger partial charge is 0.455 e. The lowest BCUT2D eigenvalue weighted by atomic mass is 9.85. The quantitative estimate of drug-likeness (QED) is 0.190. The topological polar surface area (TPSA) is 82.8 Å². The zero-order valence-electron chi connectivity index (χ0n) is 25.0. The number of benzene rings is 3. The number of carbonyl (C=O) groups excluding carboxylic acids is 2. The summed E-state index contributed by atoms with van der Waals surface area (Å²) in [5, 5.41) is 14.0. The molecule has 4 aromatic rings. The fourth-order valence-corrected chi connectivity index (χ4v) is 7.41. The predicted octanol–water partition coefficient (Wildman–Crippen LogP) is 7.48. The zero-order chi connectivity index (χ0) is 30.2. The highest BCUT2D eigenvalue weighted by Crippen LogP contribution is 2.48. The van der Waals surface area contributed by atoms with Crippen molar-refractivity contribution < 1.29 is 23.5 Å². The van der Waals surface area contributed by atoms with Crippen LogP contribution in [0.25, 0.3) is 33.4 Å². The van der Waals surface area contributed by atoms with E-state index in [0.717, 1.165) is 49.2 Å². The summed E-state index contributed by atoms with van der Waals surface area (Å²) in [6, 6.07) is 17.6. The second-order valence-corrected chi connectivity index (χ2v) is 11.9. The third kappa shape index (κ3) is 5.24. The van der Waals surface area contributed by atoms with Gasteiger partial charge < -0.3 is 19.7 Å². The second-order valence-electron chi connectivity index (χ2n) is 11.9. The molecule has 6 rings (SSSR count). The number of aliphatic hydroxyl groups excluding tert-OH is 1. The molecule has 1 aromatic heterocycles. The van der Waals surface area contributed by atoms with Gasteiger partial charge >= 0.3 is 0 Å². The van der Waals surface area contributed by atoms with E-state index in [1.165, 1.54) is 12.1 Å². The zero-order valence-corrected chi connectivity index (χ0v) is 25.0. The van der Waals surface area contributed by atoms with Crippen LogP contribution in [0.3, 0.4) is 0 Å². The summed E-state index contributed by atoms with van der Waals surface area (Å²) in [5.74, 6) is 0.923. The lowest BCUT2D eigenvalue weighted by Gasteiger charge is -2.30. The molecule has 2 bridgehead atoms. The average molecular weight is 583 g/mol. The molecule has 1 amide bonds. The number of Topliss-reactive ketones (excluding diaryl/α,β-unsaturated/α-hetero) is 1. The minimum atomic E-state index is -0.356. The molecule has 2 fully saturated rings. The summed E-state index contributed by atoms with van der Waals surface area (Å²) < 4.78 is 20.1. The Bertz CT molecular complexity index is 1660. The number of halogens is 1. The first kappa shape index (κ1) is 29.1. The number of nitrogens with zero attached hydrogens (tertiary/aromatic N) is 1. The Balaban J connectivity index is 1.45.